The molecule has 1 aromatic rings. The predicted octanol–water partition coefficient (Wildman–Crippen LogP) is 0.836. The zero-order chi connectivity index (χ0) is 9.10. The molecular formula is C9H15N3O. The fourth-order valence-electron chi connectivity index (χ4n) is 1.85. The molecule has 0 aromatic carbocycles. The molecule has 4 nitrogen and oxygen atoms in total. The second-order valence-electron chi connectivity index (χ2n) is 3.44. The van der Waals surface area contributed by atoms with E-state index in [9.17, 15) is 0 Å². The molecule has 72 valence electrons. The first-order chi connectivity index (χ1) is 6.42. The molecule has 3 N–H and O–H groups in total. The van der Waals surface area contributed by atoms with Crippen LogP contribution in [0.4, 0.5) is 0 Å². The lowest BCUT2D eigenvalue weighted by atomic mass is 9.92. The van der Waals surface area contributed by atoms with E-state index < -0.39 is 0 Å². The maximum atomic E-state index is 5.69. The van der Waals surface area contributed by atoms with E-state index in [2.05, 4.69) is 10.2 Å². The lowest BCUT2D eigenvalue weighted by Crippen LogP contribution is -2.28. The number of aromatic nitrogens is 2. The van der Waals surface area contributed by atoms with E-state index >= 15 is 0 Å². The van der Waals surface area contributed by atoms with E-state index in [1.54, 1.807) is 6.20 Å². The van der Waals surface area contributed by atoms with Crippen molar-refractivity contribution in [3.8, 4) is 0 Å². The van der Waals surface area contributed by atoms with E-state index in [1.807, 2.05) is 6.07 Å². The standard InChI is InChI=1S/C9H15N3O/c10-6-7-2-1-5-13-9(7)8-3-4-11-12-8/h3-4,7,9H,1-2,5-6,10H2,(H,11,12). The number of nitrogens with zero attached hydrogens (tertiary/aromatic N) is 1. The minimum atomic E-state index is 0.126. The summed E-state index contributed by atoms with van der Waals surface area (Å²) < 4.78 is 5.67. The summed E-state index contributed by atoms with van der Waals surface area (Å²) in [7, 11) is 0. The summed E-state index contributed by atoms with van der Waals surface area (Å²) in [6.07, 6.45) is 4.15. The Labute approximate surface area is 77.5 Å². The molecule has 0 aliphatic carbocycles. The van der Waals surface area contributed by atoms with Gasteiger partial charge in [-0.2, -0.15) is 5.10 Å². The maximum Gasteiger partial charge on any atom is 0.103 e. The number of H-pyrrole nitrogens is 1. The average Bonchev–Trinajstić information content (AvgIpc) is 2.70. The number of aromatic amines is 1. The van der Waals surface area contributed by atoms with E-state index in [4.69, 9.17) is 10.5 Å². The van der Waals surface area contributed by atoms with Crippen LogP contribution in [0.15, 0.2) is 12.3 Å². The molecule has 2 atom stereocenters. The molecule has 2 heterocycles. The Kier molecular flexibility index (Phi) is 2.61. The third-order valence-electron chi connectivity index (χ3n) is 2.58. The predicted molar refractivity (Wildman–Crippen MR) is 49.1 cm³/mol. The summed E-state index contributed by atoms with van der Waals surface area (Å²) in [5, 5.41) is 6.86. The molecule has 0 amide bonds. The third kappa shape index (κ3) is 1.73. The first kappa shape index (κ1) is 8.72. The summed E-state index contributed by atoms with van der Waals surface area (Å²) in [5.41, 5.74) is 6.74. The summed E-state index contributed by atoms with van der Waals surface area (Å²) in [6, 6.07) is 1.96. The number of rotatable bonds is 2. The monoisotopic (exact) mass is 181 g/mol. The summed E-state index contributed by atoms with van der Waals surface area (Å²) >= 11 is 0. The Morgan fingerprint density at radius 2 is 2.62 bits per heavy atom. The second-order valence-corrected chi connectivity index (χ2v) is 3.44. The summed E-state index contributed by atoms with van der Waals surface area (Å²) in [6.45, 7) is 1.52. The fraction of sp³-hybridized carbons (Fsp3) is 0.667. The van der Waals surface area contributed by atoms with Crippen LogP contribution < -0.4 is 5.73 Å². The average molecular weight is 181 g/mol. The molecule has 1 fully saturated rings. The molecule has 2 unspecified atom stereocenters. The minimum absolute atomic E-state index is 0.126. The second kappa shape index (κ2) is 3.89. The normalized spacial score (nSPS) is 29.0. The third-order valence-corrected chi connectivity index (χ3v) is 2.58. The zero-order valence-electron chi connectivity index (χ0n) is 7.57. The van der Waals surface area contributed by atoms with E-state index in [-0.39, 0.29) is 6.10 Å². The van der Waals surface area contributed by atoms with E-state index in [0.29, 0.717) is 12.5 Å². The first-order valence-corrected chi connectivity index (χ1v) is 4.72. The highest BCUT2D eigenvalue weighted by molar-refractivity contribution is 5.04. The van der Waals surface area contributed by atoms with Crippen LogP contribution in [0.3, 0.4) is 0 Å². The quantitative estimate of drug-likeness (QED) is 0.710. The Morgan fingerprint density at radius 3 is 3.31 bits per heavy atom. The van der Waals surface area contributed by atoms with Crippen LogP contribution in [0.2, 0.25) is 0 Å². The number of nitrogens with two attached hydrogens (primary N) is 1. The van der Waals surface area contributed by atoms with Crippen LogP contribution in [0.1, 0.15) is 24.6 Å². The van der Waals surface area contributed by atoms with Gasteiger partial charge in [0.25, 0.3) is 0 Å². The van der Waals surface area contributed by atoms with Gasteiger partial charge in [-0.15, -0.1) is 0 Å². The van der Waals surface area contributed by atoms with Crippen molar-refractivity contribution in [2.45, 2.75) is 18.9 Å². The molecule has 1 aliphatic heterocycles. The molecule has 2 rings (SSSR count). The van der Waals surface area contributed by atoms with Crippen LogP contribution in [0.25, 0.3) is 0 Å². The first-order valence-electron chi connectivity index (χ1n) is 4.72. The number of nitrogens with one attached hydrogen (secondary N) is 1. The van der Waals surface area contributed by atoms with Crippen molar-refractivity contribution in [3.05, 3.63) is 18.0 Å². The van der Waals surface area contributed by atoms with Crippen LogP contribution in [-0.4, -0.2) is 23.3 Å². The molecule has 1 aromatic heterocycles. The Bertz CT molecular complexity index is 247. The van der Waals surface area contributed by atoms with Crippen molar-refractivity contribution in [1.29, 1.82) is 0 Å². The van der Waals surface area contributed by atoms with Crippen molar-refractivity contribution in [2.24, 2.45) is 11.7 Å². The molecule has 0 bridgehead atoms. The SMILES string of the molecule is NCC1CCCOC1c1ccn[nH]1. The van der Waals surface area contributed by atoms with Crippen LogP contribution in [0, 0.1) is 5.92 Å². The topological polar surface area (TPSA) is 63.9 Å². The van der Waals surface area contributed by atoms with Gasteiger partial charge in [0.2, 0.25) is 0 Å². The highest BCUT2D eigenvalue weighted by Crippen LogP contribution is 2.31. The summed E-state index contributed by atoms with van der Waals surface area (Å²) in [5.74, 6) is 0.439. The number of hydrogen-bond donors (Lipinski definition) is 2. The van der Waals surface area contributed by atoms with Gasteiger partial charge in [0.1, 0.15) is 6.10 Å². The van der Waals surface area contributed by atoms with Crippen LogP contribution >= 0.6 is 0 Å². The minimum Gasteiger partial charge on any atom is -0.372 e. The highest BCUT2D eigenvalue weighted by Gasteiger charge is 2.26. The fourth-order valence-corrected chi connectivity index (χ4v) is 1.85. The molecule has 1 saturated heterocycles. The van der Waals surface area contributed by atoms with Gasteiger partial charge in [0, 0.05) is 18.7 Å². The van der Waals surface area contributed by atoms with E-state index in [0.717, 1.165) is 25.1 Å². The van der Waals surface area contributed by atoms with Crippen molar-refractivity contribution >= 4 is 0 Å². The van der Waals surface area contributed by atoms with Gasteiger partial charge in [-0.1, -0.05) is 0 Å². The van der Waals surface area contributed by atoms with E-state index in [1.165, 1.54) is 0 Å². The number of hydrogen-bond acceptors (Lipinski definition) is 3. The van der Waals surface area contributed by atoms with Crippen molar-refractivity contribution < 1.29 is 4.74 Å². The Morgan fingerprint density at radius 1 is 1.69 bits per heavy atom. The Balaban J connectivity index is 2.11. The van der Waals surface area contributed by atoms with Crippen molar-refractivity contribution in [3.63, 3.8) is 0 Å². The molecular weight excluding hydrogens is 166 g/mol. The molecule has 0 saturated carbocycles. The number of ether oxygens (including phenoxy) is 1. The Hall–Kier alpha value is -0.870. The molecule has 1 aliphatic rings. The molecule has 0 radical (unpaired) electrons. The lowest BCUT2D eigenvalue weighted by molar-refractivity contribution is -0.0276. The van der Waals surface area contributed by atoms with Crippen LogP contribution in [0.5, 0.6) is 0 Å². The van der Waals surface area contributed by atoms with Gasteiger partial charge in [0.15, 0.2) is 0 Å². The van der Waals surface area contributed by atoms with Crippen molar-refractivity contribution in [1.82, 2.24) is 10.2 Å². The van der Waals surface area contributed by atoms with Gasteiger partial charge in [0.05, 0.1) is 5.69 Å². The van der Waals surface area contributed by atoms with Crippen molar-refractivity contribution in [2.75, 3.05) is 13.2 Å². The molecule has 13 heavy (non-hydrogen) atoms. The van der Waals surface area contributed by atoms with Gasteiger partial charge >= 0.3 is 0 Å². The van der Waals surface area contributed by atoms with Crippen LogP contribution in [-0.2, 0) is 4.74 Å². The van der Waals surface area contributed by atoms with Gasteiger partial charge in [-0.05, 0) is 25.5 Å². The van der Waals surface area contributed by atoms with Gasteiger partial charge in [-0.25, -0.2) is 0 Å². The van der Waals surface area contributed by atoms with Gasteiger partial charge < -0.3 is 10.5 Å². The zero-order valence-corrected chi connectivity index (χ0v) is 7.57. The van der Waals surface area contributed by atoms with Gasteiger partial charge in [-0.3, -0.25) is 5.10 Å². The highest BCUT2D eigenvalue weighted by atomic mass is 16.5. The largest absolute Gasteiger partial charge is 0.372 e. The smallest absolute Gasteiger partial charge is 0.103 e. The lowest BCUT2D eigenvalue weighted by Gasteiger charge is -2.29. The maximum absolute atomic E-state index is 5.69. The molecule has 4 heteroatoms. The summed E-state index contributed by atoms with van der Waals surface area (Å²) in [4.78, 5) is 0. The molecule has 0 spiro atoms.